The Hall–Kier alpha value is -6.64. The standard InChI is InChI=1S/C49H36N2/c1-50(49-34-40-16-6-7-20-44(40)46-22-9-10-23-47(46)49)41-29-25-36(26-30-41)37-27-31-42(32-28-37)51(48-24-12-17-38-15-5-8-21-45(38)48)43-19-11-18-39(33-43)35-13-3-2-4-14-35/h2-34H,1H3. The van der Waals surface area contributed by atoms with Crippen LogP contribution in [0.3, 0.4) is 0 Å². The SMILES string of the molecule is CN(c1ccc(-c2ccc(N(c3cccc(-c4ccccc4)c3)c3cccc4ccccc34)cc2)cc1)c1cc2ccccc2c2ccccc12. The van der Waals surface area contributed by atoms with Gasteiger partial charge in [-0.15, -0.1) is 0 Å². The highest BCUT2D eigenvalue weighted by Crippen LogP contribution is 2.41. The summed E-state index contributed by atoms with van der Waals surface area (Å²) >= 11 is 0. The minimum atomic E-state index is 1.11. The average molecular weight is 653 g/mol. The molecule has 9 aromatic rings. The molecular weight excluding hydrogens is 617 g/mol. The maximum absolute atomic E-state index is 2.38. The fourth-order valence-corrected chi connectivity index (χ4v) is 7.42. The van der Waals surface area contributed by atoms with E-state index in [1.807, 2.05) is 0 Å². The van der Waals surface area contributed by atoms with E-state index in [9.17, 15) is 0 Å². The van der Waals surface area contributed by atoms with Crippen LogP contribution in [-0.4, -0.2) is 7.05 Å². The summed E-state index contributed by atoms with van der Waals surface area (Å²) < 4.78 is 0. The number of hydrogen-bond donors (Lipinski definition) is 0. The van der Waals surface area contributed by atoms with Crippen LogP contribution in [0.25, 0.3) is 54.6 Å². The highest BCUT2D eigenvalue weighted by molar-refractivity contribution is 6.13. The van der Waals surface area contributed by atoms with Crippen LogP contribution >= 0.6 is 0 Å². The molecular formula is C49H36N2. The maximum atomic E-state index is 2.38. The molecule has 0 saturated heterocycles. The van der Waals surface area contributed by atoms with Crippen molar-refractivity contribution in [3.05, 3.63) is 200 Å². The Balaban J connectivity index is 1.07. The van der Waals surface area contributed by atoms with Gasteiger partial charge in [-0.05, 0) is 92.3 Å². The van der Waals surface area contributed by atoms with E-state index in [1.54, 1.807) is 0 Å². The largest absolute Gasteiger partial charge is 0.344 e. The number of nitrogens with zero attached hydrogens (tertiary/aromatic N) is 2. The van der Waals surface area contributed by atoms with Crippen LogP contribution in [0.2, 0.25) is 0 Å². The van der Waals surface area contributed by atoms with Crippen LogP contribution in [0.5, 0.6) is 0 Å². The van der Waals surface area contributed by atoms with E-state index in [0.717, 1.165) is 22.7 Å². The van der Waals surface area contributed by atoms with E-state index >= 15 is 0 Å². The molecule has 0 radical (unpaired) electrons. The lowest BCUT2D eigenvalue weighted by atomic mass is 9.99. The number of fused-ring (bicyclic) bond motifs is 4. The van der Waals surface area contributed by atoms with Crippen molar-refractivity contribution in [2.24, 2.45) is 0 Å². The van der Waals surface area contributed by atoms with Gasteiger partial charge in [0.1, 0.15) is 0 Å². The average Bonchev–Trinajstić information content (AvgIpc) is 3.21. The molecule has 0 fully saturated rings. The summed E-state index contributed by atoms with van der Waals surface area (Å²) in [6.07, 6.45) is 0. The lowest BCUT2D eigenvalue weighted by Crippen LogP contribution is -2.10. The Kier molecular flexibility index (Phi) is 7.75. The maximum Gasteiger partial charge on any atom is 0.0540 e. The van der Waals surface area contributed by atoms with E-state index in [4.69, 9.17) is 0 Å². The van der Waals surface area contributed by atoms with Crippen LogP contribution in [0.4, 0.5) is 28.4 Å². The monoisotopic (exact) mass is 652 g/mol. The van der Waals surface area contributed by atoms with Gasteiger partial charge in [0.25, 0.3) is 0 Å². The molecule has 242 valence electrons. The van der Waals surface area contributed by atoms with Crippen molar-refractivity contribution >= 4 is 60.8 Å². The first-order valence-corrected chi connectivity index (χ1v) is 17.5. The first-order chi connectivity index (χ1) is 25.2. The third kappa shape index (κ3) is 5.67. The van der Waals surface area contributed by atoms with Gasteiger partial charge < -0.3 is 9.80 Å². The van der Waals surface area contributed by atoms with Gasteiger partial charge >= 0.3 is 0 Å². The molecule has 9 aromatic carbocycles. The first-order valence-electron chi connectivity index (χ1n) is 17.5. The van der Waals surface area contributed by atoms with Gasteiger partial charge in [0, 0.05) is 40.6 Å². The van der Waals surface area contributed by atoms with E-state index in [2.05, 4.69) is 217 Å². The van der Waals surface area contributed by atoms with E-state index in [-0.39, 0.29) is 0 Å². The van der Waals surface area contributed by atoms with Gasteiger partial charge in [0.05, 0.1) is 5.69 Å². The van der Waals surface area contributed by atoms with Crippen molar-refractivity contribution in [1.82, 2.24) is 0 Å². The highest BCUT2D eigenvalue weighted by Gasteiger charge is 2.17. The highest BCUT2D eigenvalue weighted by atomic mass is 15.1. The van der Waals surface area contributed by atoms with Crippen LogP contribution in [0.1, 0.15) is 0 Å². The Labute approximate surface area is 299 Å². The summed E-state index contributed by atoms with van der Waals surface area (Å²) in [5.41, 5.74) is 10.5. The third-order valence-electron chi connectivity index (χ3n) is 10.0. The van der Waals surface area contributed by atoms with Crippen molar-refractivity contribution in [2.75, 3.05) is 16.8 Å². The quantitative estimate of drug-likeness (QED) is 0.158. The van der Waals surface area contributed by atoms with Crippen LogP contribution in [-0.2, 0) is 0 Å². The van der Waals surface area contributed by atoms with Crippen molar-refractivity contribution in [1.29, 1.82) is 0 Å². The number of anilines is 5. The Bertz CT molecular complexity index is 2640. The van der Waals surface area contributed by atoms with Gasteiger partial charge in [0.2, 0.25) is 0 Å². The molecule has 2 nitrogen and oxygen atoms in total. The molecule has 0 N–H and O–H groups in total. The van der Waals surface area contributed by atoms with Gasteiger partial charge in [-0.25, -0.2) is 0 Å². The Morgan fingerprint density at radius 1 is 0.294 bits per heavy atom. The molecule has 0 aliphatic carbocycles. The Morgan fingerprint density at radius 3 is 1.57 bits per heavy atom. The predicted molar refractivity (Wildman–Crippen MR) is 219 cm³/mol. The molecule has 9 rings (SSSR count). The summed E-state index contributed by atoms with van der Waals surface area (Å²) in [5.74, 6) is 0. The predicted octanol–water partition coefficient (Wildman–Crippen LogP) is 13.7. The smallest absolute Gasteiger partial charge is 0.0540 e. The van der Waals surface area contributed by atoms with Crippen molar-refractivity contribution < 1.29 is 0 Å². The van der Waals surface area contributed by atoms with E-state index in [1.165, 1.54) is 60.3 Å². The van der Waals surface area contributed by atoms with Crippen molar-refractivity contribution in [3.8, 4) is 22.3 Å². The molecule has 2 heteroatoms. The molecule has 51 heavy (non-hydrogen) atoms. The minimum absolute atomic E-state index is 1.11. The molecule has 0 saturated carbocycles. The molecule has 0 bridgehead atoms. The molecule has 0 aromatic heterocycles. The summed E-state index contributed by atoms with van der Waals surface area (Å²) in [5, 5.41) is 7.50. The van der Waals surface area contributed by atoms with Gasteiger partial charge in [-0.1, -0.05) is 152 Å². The van der Waals surface area contributed by atoms with Crippen LogP contribution in [0, 0.1) is 0 Å². The number of benzene rings is 9. The van der Waals surface area contributed by atoms with E-state index < -0.39 is 0 Å². The molecule has 0 heterocycles. The summed E-state index contributed by atoms with van der Waals surface area (Å²) in [6, 6.07) is 72.2. The lowest BCUT2D eigenvalue weighted by molar-refractivity contribution is 1.22. The second kappa shape index (κ2) is 13.0. The topological polar surface area (TPSA) is 6.48 Å². The normalized spacial score (nSPS) is 11.2. The number of hydrogen-bond acceptors (Lipinski definition) is 2. The molecule has 0 spiro atoms. The zero-order chi connectivity index (χ0) is 34.1. The van der Waals surface area contributed by atoms with Crippen molar-refractivity contribution in [2.45, 2.75) is 0 Å². The van der Waals surface area contributed by atoms with Crippen molar-refractivity contribution in [3.63, 3.8) is 0 Å². The lowest BCUT2D eigenvalue weighted by Gasteiger charge is -2.27. The van der Waals surface area contributed by atoms with Gasteiger partial charge in [0.15, 0.2) is 0 Å². The zero-order valence-corrected chi connectivity index (χ0v) is 28.4. The summed E-state index contributed by atoms with van der Waals surface area (Å²) in [6.45, 7) is 0. The van der Waals surface area contributed by atoms with E-state index in [0.29, 0.717) is 0 Å². The summed E-state index contributed by atoms with van der Waals surface area (Å²) in [4.78, 5) is 4.68. The fraction of sp³-hybridized carbons (Fsp3) is 0.0204. The molecule has 0 aliphatic heterocycles. The minimum Gasteiger partial charge on any atom is -0.344 e. The van der Waals surface area contributed by atoms with Gasteiger partial charge in [-0.3, -0.25) is 0 Å². The zero-order valence-electron chi connectivity index (χ0n) is 28.4. The Morgan fingerprint density at radius 2 is 0.824 bits per heavy atom. The van der Waals surface area contributed by atoms with Crippen LogP contribution < -0.4 is 9.80 Å². The first kappa shape index (κ1) is 30.4. The van der Waals surface area contributed by atoms with Gasteiger partial charge in [-0.2, -0.15) is 0 Å². The van der Waals surface area contributed by atoms with Crippen LogP contribution in [0.15, 0.2) is 200 Å². The molecule has 0 unspecified atom stereocenters. The molecule has 0 aliphatic rings. The second-order valence-corrected chi connectivity index (χ2v) is 13.1. The fourth-order valence-electron chi connectivity index (χ4n) is 7.42. The molecule has 0 atom stereocenters. The number of rotatable bonds is 7. The molecule has 0 amide bonds. The summed E-state index contributed by atoms with van der Waals surface area (Å²) in [7, 11) is 2.16. The second-order valence-electron chi connectivity index (χ2n) is 13.1. The third-order valence-corrected chi connectivity index (χ3v) is 10.0.